The minimum atomic E-state index is -0.312. The summed E-state index contributed by atoms with van der Waals surface area (Å²) in [4.78, 5) is 14.8. The highest BCUT2D eigenvalue weighted by molar-refractivity contribution is 5.87. The first-order valence-corrected chi connectivity index (χ1v) is 7.11. The minimum Gasteiger partial charge on any atom is -0.369 e. The maximum absolute atomic E-state index is 12.8. The van der Waals surface area contributed by atoms with Gasteiger partial charge in [0.25, 0.3) is 0 Å². The molecule has 4 nitrogen and oxygen atoms in total. The summed E-state index contributed by atoms with van der Waals surface area (Å²) in [5, 5.41) is 3.43. The highest BCUT2D eigenvalue weighted by Gasteiger charge is 2.44. The summed E-state index contributed by atoms with van der Waals surface area (Å²) in [6, 6.07) is 0. The predicted octanol–water partition coefficient (Wildman–Crippen LogP) is 1.54. The number of nitrogens with one attached hydrogen (secondary N) is 1. The van der Waals surface area contributed by atoms with Crippen LogP contribution >= 0.6 is 0 Å². The second kappa shape index (κ2) is 4.82. The molecular formula is C14H26N2O2. The van der Waals surface area contributed by atoms with Crippen LogP contribution < -0.4 is 5.32 Å². The third kappa shape index (κ3) is 2.54. The van der Waals surface area contributed by atoms with Crippen LogP contribution in [-0.4, -0.2) is 47.7 Å². The molecule has 0 aromatic heterocycles. The lowest BCUT2D eigenvalue weighted by Gasteiger charge is -2.44. The molecule has 2 aliphatic rings. The molecule has 0 aromatic carbocycles. The van der Waals surface area contributed by atoms with Gasteiger partial charge < -0.3 is 15.0 Å². The van der Waals surface area contributed by atoms with Gasteiger partial charge in [0.2, 0.25) is 5.91 Å². The first-order valence-electron chi connectivity index (χ1n) is 7.11. The van der Waals surface area contributed by atoms with Crippen molar-refractivity contribution in [3.05, 3.63) is 0 Å². The van der Waals surface area contributed by atoms with E-state index in [4.69, 9.17) is 4.74 Å². The number of carbonyl (C=O) groups is 1. The summed E-state index contributed by atoms with van der Waals surface area (Å²) >= 11 is 0. The van der Waals surface area contributed by atoms with Crippen molar-refractivity contribution in [1.29, 1.82) is 0 Å². The van der Waals surface area contributed by atoms with E-state index >= 15 is 0 Å². The number of rotatable bonds is 2. The quantitative estimate of drug-likeness (QED) is 0.813. The number of nitrogens with zero attached hydrogens (tertiary/aromatic N) is 1. The first kappa shape index (κ1) is 13.8. The largest absolute Gasteiger partial charge is 0.369 e. The average molecular weight is 254 g/mol. The Labute approximate surface area is 110 Å². The van der Waals surface area contributed by atoms with Gasteiger partial charge in [0, 0.05) is 13.1 Å². The lowest BCUT2D eigenvalue weighted by Crippen LogP contribution is -2.61. The molecule has 0 aromatic rings. The van der Waals surface area contributed by atoms with E-state index in [-0.39, 0.29) is 23.2 Å². The van der Waals surface area contributed by atoms with Crippen molar-refractivity contribution in [2.24, 2.45) is 0 Å². The van der Waals surface area contributed by atoms with Crippen LogP contribution in [0.25, 0.3) is 0 Å². The Morgan fingerprint density at radius 2 is 2.22 bits per heavy atom. The van der Waals surface area contributed by atoms with Crippen molar-refractivity contribution in [2.75, 3.05) is 19.6 Å². The molecule has 2 heterocycles. The average Bonchev–Trinajstić information content (AvgIpc) is 2.75. The monoisotopic (exact) mass is 254 g/mol. The molecule has 4 heteroatoms. The van der Waals surface area contributed by atoms with Crippen molar-refractivity contribution in [1.82, 2.24) is 10.2 Å². The molecule has 2 aliphatic heterocycles. The molecule has 1 N–H and O–H groups in total. The Hall–Kier alpha value is -0.610. The molecule has 0 radical (unpaired) electrons. The zero-order valence-corrected chi connectivity index (χ0v) is 12.1. The first-order chi connectivity index (χ1) is 8.38. The van der Waals surface area contributed by atoms with Crippen LogP contribution in [0.5, 0.6) is 0 Å². The normalized spacial score (nSPS) is 35.8. The Morgan fingerprint density at radius 1 is 1.50 bits per heavy atom. The molecule has 104 valence electrons. The third-order valence-electron chi connectivity index (χ3n) is 4.11. The number of ether oxygens (including phenoxy) is 1. The molecule has 2 unspecified atom stereocenters. The molecule has 2 atom stereocenters. The highest BCUT2D eigenvalue weighted by atomic mass is 16.5. The van der Waals surface area contributed by atoms with Gasteiger partial charge in [-0.2, -0.15) is 0 Å². The van der Waals surface area contributed by atoms with Crippen molar-refractivity contribution < 1.29 is 9.53 Å². The zero-order valence-electron chi connectivity index (χ0n) is 12.1. The second-order valence-electron chi connectivity index (χ2n) is 6.34. The van der Waals surface area contributed by atoms with E-state index in [1.807, 2.05) is 11.8 Å². The molecule has 2 fully saturated rings. The summed E-state index contributed by atoms with van der Waals surface area (Å²) in [6.45, 7) is 10.6. The standard InChI is InChI=1S/C14H26N2O2/c1-5-14(7-6-8-15-14)12(17)16-9-11(2)18-13(3,4)10-16/h11,15H,5-10H2,1-4H3. The summed E-state index contributed by atoms with van der Waals surface area (Å²) in [7, 11) is 0. The summed E-state index contributed by atoms with van der Waals surface area (Å²) in [5.41, 5.74) is -0.548. The van der Waals surface area contributed by atoms with E-state index in [9.17, 15) is 4.79 Å². The number of carbonyl (C=O) groups excluding carboxylic acids is 1. The SMILES string of the molecule is CCC1(C(=O)N2CC(C)OC(C)(C)C2)CCCN1. The number of morpholine rings is 1. The fraction of sp³-hybridized carbons (Fsp3) is 0.929. The number of hydrogen-bond acceptors (Lipinski definition) is 3. The van der Waals surface area contributed by atoms with Crippen molar-refractivity contribution >= 4 is 5.91 Å². The van der Waals surface area contributed by atoms with E-state index in [0.29, 0.717) is 13.1 Å². The molecule has 0 aliphatic carbocycles. The fourth-order valence-electron chi connectivity index (χ4n) is 3.35. The van der Waals surface area contributed by atoms with Crippen LogP contribution in [0, 0.1) is 0 Å². The van der Waals surface area contributed by atoms with Crippen molar-refractivity contribution in [3.63, 3.8) is 0 Å². The van der Waals surface area contributed by atoms with Gasteiger partial charge in [0.15, 0.2) is 0 Å². The fourth-order valence-corrected chi connectivity index (χ4v) is 3.35. The van der Waals surface area contributed by atoms with Crippen LogP contribution in [0.15, 0.2) is 0 Å². The Kier molecular flexibility index (Phi) is 3.70. The van der Waals surface area contributed by atoms with E-state index in [2.05, 4.69) is 26.1 Å². The van der Waals surface area contributed by atoms with Gasteiger partial charge in [-0.1, -0.05) is 6.92 Å². The molecule has 2 saturated heterocycles. The Bertz CT molecular complexity index is 322. The Morgan fingerprint density at radius 3 is 2.72 bits per heavy atom. The van der Waals surface area contributed by atoms with Gasteiger partial charge in [-0.25, -0.2) is 0 Å². The van der Waals surface area contributed by atoms with E-state index in [1.54, 1.807) is 0 Å². The smallest absolute Gasteiger partial charge is 0.243 e. The maximum atomic E-state index is 12.8. The topological polar surface area (TPSA) is 41.6 Å². The Balaban J connectivity index is 2.12. The van der Waals surface area contributed by atoms with E-state index in [1.165, 1.54) is 0 Å². The lowest BCUT2D eigenvalue weighted by molar-refractivity contribution is -0.163. The summed E-state index contributed by atoms with van der Waals surface area (Å²) < 4.78 is 5.87. The number of amides is 1. The molecule has 0 spiro atoms. The summed E-state index contributed by atoms with van der Waals surface area (Å²) in [5.74, 6) is 0.269. The van der Waals surface area contributed by atoms with Gasteiger partial charge in [0.1, 0.15) is 0 Å². The van der Waals surface area contributed by atoms with Gasteiger partial charge in [0.05, 0.1) is 17.2 Å². The minimum absolute atomic E-state index is 0.119. The van der Waals surface area contributed by atoms with Crippen LogP contribution in [0.1, 0.15) is 47.0 Å². The molecule has 1 amide bonds. The van der Waals surface area contributed by atoms with Gasteiger partial charge in [-0.05, 0) is 46.6 Å². The van der Waals surface area contributed by atoms with Crippen LogP contribution in [-0.2, 0) is 9.53 Å². The van der Waals surface area contributed by atoms with Crippen LogP contribution in [0.3, 0.4) is 0 Å². The van der Waals surface area contributed by atoms with Gasteiger partial charge in [-0.3, -0.25) is 4.79 Å². The molecule has 0 saturated carbocycles. The van der Waals surface area contributed by atoms with Crippen LogP contribution in [0.2, 0.25) is 0 Å². The zero-order chi connectivity index (χ0) is 13.4. The van der Waals surface area contributed by atoms with Gasteiger partial charge in [-0.15, -0.1) is 0 Å². The predicted molar refractivity (Wildman–Crippen MR) is 71.5 cm³/mol. The molecule has 0 bridgehead atoms. The van der Waals surface area contributed by atoms with E-state index in [0.717, 1.165) is 25.8 Å². The van der Waals surface area contributed by atoms with E-state index < -0.39 is 0 Å². The maximum Gasteiger partial charge on any atom is 0.243 e. The molecule has 18 heavy (non-hydrogen) atoms. The third-order valence-corrected chi connectivity index (χ3v) is 4.11. The summed E-state index contributed by atoms with van der Waals surface area (Å²) in [6.07, 6.45) is 3.06. The lowest BCUT2D eigenvalue weighted by atomic mass is 9.91. The molecular weight excluding hydrogens is 228 g/mol. The second-order valence-corrected chi connectivity index (χ2v) is 6.34. The number of hydrogen-bond donors (Lipinski definition) is 1. The van der Waals surface area contributed by atoms with Crippen LogP contribution in [0.4, 0.5) is 0 Å². The molecule has 2 rings (SSSR count). The highest BCUT2D eigenvalue weighted by Crippen LogP contribution is 2.29. The van der Waals surface area contributed by atoms with Gasteiger partial charge >= 0.3 is 0 Å². The van der Waals surface area contributed by atoms with Crippen molar-refractivity contribution in [3.8, 4) is 0 Å². The van der Waals surface area contributed by atoms with Crippen molar-refractivity contribution in [2.45, 2.75) is 64.2 Å².